The Labute approximate surface area is 185 Å². The number of benzene rings is 2. The molecule has 1 amide bonds. The lowest BCUT2D eigenvalue weighted by atomic mass is 10.1. The Morgan fingerprint density at radius 3 is 2.53 bits per heavy atom. The molecule has 2 heterocycles. The van der Waals surface area contributed by atoms with Crippen LogP contribution in [0.2, 0.25) is 0 Å². The minimum Gasteiger partial charge on any atom is -0.397 e. The molecular formula is C24H22N6O2. The summed E-state index contributed by atoms with van der Waals surface area (Å²) in [6.45, 7) is 0.439. The highest BCUT2D eigenvalue weighted by molar-refractivity contribution is 6.05. The van der Waals surface area contributed by atoms with Crippen LogP contribution in [0.15, 0.2) is 79.3 Å². The van der Waals surface area contributed by atoms with Gasteiger partial charge in [-0.05, 0) is 53.6 Å². The van der Waals surface area contributed by atoms with Crippen molar-refractivity contribution in [1.82, 2.24) is 15.0 Å². The molecule has 2 aromatic carbocycles. The number of nitrogens with zero attached hydrogens (tertiary/aromatic N) is 3. The van der Waals surface area contributed by atoms with Gasteiger partial charge < -0.3 is 21.5 Å². The second kappa shape index (κ2) is 9.67. The van der Waals surface area contributed by atoms with E-state index < -0.39 is 0 Å². The Morgan fingerprint density at radius 2 is 1.81 bits per heavy atom. The molecule has 0 saturated heterocycles. The summed E-state index contributed by atoms with van der Waals surface area (Å²) in [7, 11) is 0. The van der Waals surface area contributed by atoms with Crippen molar-refractivity contribution >= 4 is 23.1 Å². The van der Waals surface area contributed by atoms with E-state index >= 15 is 0 Å². The number of nitrogens with one attached hydrogen (secondary N) is 2. The van der Waals surface area contributed by atoms with Crippen molar-refractivity contribution in [3.8, 4) is 11.4 Å². The molecule has 0 atom stereocenters. The predicted molar refractivity (Wildman–Crippen MR) is 124 cm³/mol. The van der Waals surface area contributed by atoms with Gasteiger partial charge in [0, 0.05) is 36.3 Å². The summed E-state index contributed by atoms with van der Waals surface area (Å²) in [6, 6.07) is 17.8. The maximum Gasteiger partial charge on any atom is 0.255 e. The zero-order valence-electron chi connectivity index (χ0n) is 17.2. The first-order valence-corrected chi connectivity index (χ1v) is 9.99. The number of aromatic nitrogens is 3. The fourth-order valence-corrected chi connectivity index (χ4v) is 3.08. The van der Waals surface area contributed by atoms with Gasteiger partial charge in [0.05, 0.1) is 18.0 Å². The summed E-state index contributed by atoms with van der Waals surface area (Å²) in [5.41, 5.74) is 9.90. The van der Waals surface area contributed by atoms with Gasteiger partial charge in [0.2, 0.25) is 0 Å². The number of anilines is 3. The third-order valence-electron chi connectivity index (χ3n) is 4.81. The largest absolute Gasteiger partial charge is 0.397 e. The lowest BCUT2D eigenvalue weighted by Crippen LogP contribution is -2.13. The first kappa shape index (κ1) is 21.0. The number of carbonyl (C=O) groups excluding carboxylic acids is 1. The zero-order valence-corrected chi connectivity index (χ0v) is 17.2. The highest BCUT2D eigenvalue weighted by atomic mass is 16.3. The van der Waals surface area contributed by atoms with Gasteiger partial charge in [0.25, 0.3) is 5.91 Å². The van der Waals surface area contributed by atoms with Crippen LogP contribution >= 0.6 is 0 Å². The van der Waals surface area contributed by atoms with E-state index in [9.17, 15) is 4.79 Å². The molecule has 4 aromatic rings. The van der Waals surface area contributed by atoms with Crippen LogP contribution in [0.25, 0.3) is 11.4 Å². The van der Waals surface area contributed by atoms with Crippen molar-refractivity contribution in [3.63, 3.8) is 0 Å². The van der Waals surface area contributed by atoms with Crippen LogP contribution in [0.3, 0.4) is 0 Å². The van der Waals surface area contributed by atoms with Gasteiger partial charge in [-0.3, -0.25) is 9.78 Å². The molecule has 0 aliphatic heterocycles. The first-order chi connectivity index (χ1) is 15.6. The molecule has 4 rings (SSSR count). The number of nitrogen functional groups attached to an aromatic ring is 1. The molecule has 0 aliphatic carbocycles. The van der Waals surface area contributed by atoms with Crippen molar-refractivity contribution in [2.75, 3.05) is 16.4 Å². The van der Waals surface area contributed by atoms with Crippen LogP contribution in [0.4, 0.5) is 17.2 Å². The normalized spacial score (nSPS) is 10.5. The number of carbonyl (C=O) groups is 1. The van der Waals surface area contributed by atoms with Crippen LogP contribution in [-0.2, 0) is 13.2 Å². The molecule has 0 aliphatic rings. The fraction of sp³-hybridized carbons (Fsp3) is 0.0833. The van der Waals surface area contributed by atoms with Crippen molar-refractivity contribution in [3.05, 3.63) is 95.9 Å². The molecule has 0 spiro atoms. The highest BCUT2D eigenvalue weighted by Gasteiger charge is 2.09. The number of hydrogen-bond donors (Lipinski definition) is 4. The van der Waals surface area contributed by atoms with Crippen molar-refractivity contribution in [1.29, 1.82) is 0 Å². The molecular weight excluding hydrogens is 404 g/mol. The molecule has 0 bridgehead atoms. The molecule has 0 radical (unpaired) electrons. The summed E-state index contributed by atoms with van der Waals surface area (Å²) in [6.07, 6.45) is 5.12. The Kier molecular flexibility index (Phi) is 6.33. The molecule has 32 heavy (non-hydrogen) atoms. The molecule has 2 aromatic heterocycles. The number of nitrogens with two attached hydrogens (primary N) is 1. The molecule has 8 heteroatoms. The minimum absolute atomic E-state index is 0.103. The number of hydrogen-bond acceptors (Lipinski definition) is 7. The van der Waals surface area contributed by atoms with Crippen LogP contribution in [0.5, 0.6) is 0 Å². The van der Waals surface area contributed by atoms with Crippen molar-refractivity contribution in [2.45, 2.75) is 13.2 Å². The van der Waals surface area contributed by atoms with Crippen LogP contribution in [0.1, 0.15) is 21.5 Å². The van der Waals surface area contributed by atoms with Gasteiger partial charge in [0.15, 0.2) is 5.82 Å². The molecule has 0 saturated carbocycles. The SMILES string of the molecule is Nc1cc(CO)ccc1NC(=O)c1ccc(CNc2ccnc(-c3cccnc3)n2)cc1. The summed E-state index contributed by atoms with van der Waals surface area (Å²) < 4.78 is 0. The second-order valence-electron chi connectivity index (χ2n) is 7.09. The van der Waals surface area contributed by atoms with Crippen LogP contribution in [-0.4, -0.2) is 26.0 Å². The molecule has 160 valence electrons. The number of pyridine rings is 1. The van der Waals surface area contributed by atoms with E-state index in [-0.39, 0.29) is 12.5 Å². The van der Waals surface area contributed by atoms with Gasteiger partial charge >= 0.3 is 0 Å². The van der Waals surface area contributed by atoms with Gasteiger partial charge in [-0.25, -0.2) is 9.97 Å². The van der Waals surface area contributed by atoms with Gasteiger partial charge in [0.1, 0.15) is 5.82 Å². The monoisotopic (exact) mass is 426 g/mol. The summed E-state index contributed by atoms with van der Waals surface area (Å²) in [4.78, 5) is 25.4. The number of amides is 1. The van der Waals surface area contributed by atoms with E-state index in [0.717, 1.165) is 11.1 Å². The summed E-state index contributed by atoms with van der Waals surface area (Å²) in [5, 5.41) is 15.2. The maximum atomic E-state index is 12.5. The highest BCUT2D eigenvalue weighted by Crippen LogP contribution is 2.21. The Bertz CT molecular complexity index is 1210. The van der Waals surface area contributed by atoms with Crippen molar-refractivity contribution < 1.29 is 9.90 Å². The third-order valence-corrected chi connectivity index (χ3v) is 4.81. The molecule has 5 N–H and O–H groups in total. The van der Waals surface area contributed by atoms with E-state index in [0.29, 0.717) is 40.7 Å². The quantitative estimate of drug-likeness (QED) is 0.333. The topological polar surface area (TPSA) is 126 Å². The summed E-state index contributed by atoms with van der Waals surface area (Å²) >= 11 is 0. The van der Waals surface area contributed by atoms with Gasteiger partial charge in [-0.1, -0.05) is 18.2 Å². The lowest BCUT2D eigenvalue weighted by molar-refractivity contribution is 0.102. The number of aliphatic hydroxyl groups is 1. The van der Waals surface area contributed by atoms with E-state index in [1.165, 1.54) is 0 Å². The fourth-order valence-electron chi connectivity index (χ4n) is 3.08. The van der Waals surface area contributed by atoms with Gasteiger partial charge in [-0.2, -0.15) is 0 Å². The Balaban J connectivity index is 1.37. The smallest absolute Gasteiger partial charge is 0.255 e. The van der Waals surface area contributed by atoms with Crippen LogP contribution in [0, 0.1) is 0 Å². The lowest BCUT2D eigenvalue weighted by Gasteiger charge is -2.10. The third kappa shape index (κ3) is 5.05. The van der Waals surface area contributed by atoms with Crippen molar-refractivity contribution in [2.24, 2.45) is 0 Å². The zero-order chi connectivity index (χ0) is 22.3. The standard InChI is InChI=1S/C24H22N6O2/c25-20-12-17(15-31)5-8-21(20)29-24(32)18-6-3-16(4-7-18)13-28-22-9-11-27-23(30-22)19-2-1-10-26-14-19/h1-12,14,31H,13,15,25H2,(H,29,32)(H,27,28,30). The average Bonchev–Trinajstić information content (AvgIpc) is 2.85. The van der Waals surface area contributed by atoms with Gasteiger partial charge in [-0.15, -0.1) is 0 Å². The maximum absolute atomic E-state index is 12.5. The van der Waals surface area contributed by atoms with E-state index in [4.69, 9.17) is 10.8 Å². The number of aliphatic hydroxyl groups excluding tert-OH is 1. The van der Waals surface area contributed by atoms with E-state index in [1.54, 1.807) is 55.0 Å². The first-order valence-electron chi connectivity index (χ1n) is 9.99. The molecule has 0 unspecified atom stereocenters. The Morgan fingerprint density at radius 1 is 1.00 bits per heavy atom. The van der Waals surface area contributed by atoms with E-state index in [2.05, 4.69) is 25.6 Å². The predicted octanol–water partition coefficient (Wildman–Crippen LogP) is 3.48. The average molecular weight is 426 g/mol. The second-order valence-corrected chi connectivity index (χ2v) is 7.09. The molecule has 8 nitrogen and oxygen atoms in total. The Hall–Kier alpha value is -4.30. The summed E-state index contributed by atoms with van der Waals surface area (Å²) in [5.74, 6) is 1.04. The van der Waals surface area contributed by atoms with Crippen LogP contribution < -0.4 is 16.4 Å². The number of rotatable bonds is 7. The molecule has 0 fully saturated rings. The minimum atomic E-state index is -0.259. The van der Waals surface area contributed by atoms with E-state index in [1.807, 2.05) is 24.3 Å².